The highest BCUT2D eigenvalue weighted by Crippen LogP contribution is 2.21. The van der Waals surface area contributed by atoms with Gasteiger partial charge in [-0.15, -0.1) is 0 Å². The normalized spacial score (nSPS) is 10.1. The molecular weight excluding hydrogens is 308 g/mol. The average Bonchev–Trinajstić information content (AvgIpc) is 2.41. The molecule has 5 nitrogen and oxygen atoms in total. The maximum absolute atomic E-state index is 12.2. The highest BCUT2D eigenvalue weighted by molar-refractivity contribution is 9.10. The molecule has 0 saturated heterocycles. The number of hydrazine groups is 1. The van der Waals surface area contributed by atoms with Crippen LogP contribution < -0.4 is 16.6 Å². The predicted octanol–water partition coefficient (Wildman–Crippen LogP) is 2.69. The SMILES string of the molecule is Cc1ccc(C(=O)Nc2ncccc2Br)c(NN)c1. The fourth-order valence-electron chi connectivity index (χ4n) is 1.63. The number of nitrogens with zero attached hydrogens (tertiary/aromatic N) is 1. The molecule has 0 aliphatic carbocycles. The Hall–Kier alpha value is -1.92. The first-order valence-electron chi connectivity index (χ1n) is 5.61. The summed E-state index contributed by atoms with van der Waals surface area (Å²) < 4.78 is 0.720. The average molecular weight is 321 g/mol. The van der Waals surface area contributed by atoms with Gasteiger partial charge in [0, 0.05) is 6.20 Å². The van der Waals surface area contributed by atoms with Crippen molar-refractivity contribution in [2.75, 3.05) is 10.7 Å². The molecule has 98 valence electrons. The molecule has 2 rings (SSSR count). The molecule has 2 aromatic rings. The van der Waals surface area contributed by atoms with Crippen LogP contribution in [-0.4, -0.2) is 10.9 Å². The maximum atomic E-state index is 12.2. The summed E-state index contributed by atoms with van der Waals surface area (Å²) in [6.07, 6.45) is 1.61. The van der Waals surface area contributed by atoms with E-state index >= 15 is 0 Å². The number of benzene rings is 1. The number of carbonyl (C=O) groups excluding carboxylic acids is 1. The number of aromatic nitrogens is 1. The molecule has 0 aliphatic rings. The van der Waals surface area contributed by atoms with Crippen LogP contribution >= 0.6 is 15.9 Å². The Labute approximate surface area is 119 Å². The van der Waals surface area contributed by atoms with Gasteiger partial charge in [0.05, 0.1) is 15.7 Å². The van der Waals surface area contributed by atoms with Crippen LogP contribution in [0.15, 0.2) is 41.0 Å². The zero-order chi connectivity index (χ0) is 13.8. The first kappa shape index (κ1) is 13.5. The van der Waals surface area contributed by atoms with Crippen LogP contribution in [0.3, 0.4) is 0 Å². The molecular formula is C13H13BrN4O. The van der Waals surface area contributed by atoms with E-state index in [0.29, 0.717) is 17.1 Å². The Bertz CT molecular complexity index is 615. The third-order valence-corrected chi connectivity index (χ3v) is 3.21. The Morgan fingerprint density at radius 1 is 1.37 bits per heavy atom. The van der Waals surface area contributed by atoms with Gasteiger partial charge in [-0.2, -0.15) is 0 Å². The molecule has 0 aliphatic heterocycles. The quantitative estimate of drug-likeness (QED) is 0.600. The standard InChI is InChI=1S/C13H13BrN4O/c1-8-4-5-9(11(7-8)18-15)13(19)17-12-10(14)3-2-6-16-12/h2-7,18H,15H2,1H3,(H,16,17,19). The van der Waals surface area contributed by atoms with Crippen molar-refractivity contribution in [3.63, 3.8) is 0 Å². The van der Waals surface area contributed by atoms with E-state index in [2.05, 4.69) is 31.7 Å². The third kappa shape index (κ3) is 3.10. The molecule has 1 amide bonds. The number of carbonyl (C=O) groups is 1. The molecule has 0 spiro atoms. The number of anilines is 2. The van der Waals surface area contributed by atoms with E-state index in [0.717, 1.165) is 10.0 Å². The lowest BCUT2D eigenvalue weighted by Crippen LogP contribution is -2.18. The molecule has 1 aromatic carbocycles. The van der Waals surface area contributed by atoms with Crippen LogP contribution in [0, 0.1) is 6.92 Å². The highest BCUT2D eigenvalue weighted by Gasteiger charge is 2.13. The van der Waals surface area contributed by atoms with Gasteiger partial charge >= 0.3 is 0 Å². The molecule has 1 heterocycles. The number of nitrogens with one attached hydrogen (secondary N) is 2. The van der Waals surface area contributed by atoms with E-state index in [9.17, 15) is 4.79 Å². The van der Waals surface area contributed by atoms with Gasteiger partial charge in [0.15, 0.2) is 0 Å². The summed E-state index contributed by atoms with van der Waals surface area (Å²) in [7, 11) is 0. The van der Waals surface area contributed by atoms with Crippen LogP contribution in [0.5, 0.6) is 0 Å². The highest BCUT2D eigenvalue weighted by atomic mass is 79.9. The number of halogens is 1. The molecule has 0 unspecified atom stereocenters. The van der Waals surface area contributed by atoms with Crippen molar-refractivity contribution in [2.45, 2.75) is 6.92 Å². The second-order valence-electron chi connectivity index (χ2n) is 3.98. The number of aryl methyl sites for hydroxylation is 1. The van der Waals surface area contributed by atoms with Crippen LogP contribution in [0.1, 0.15) is 15.9 Å². The lowest BCUT2D eigenvalue weighted by atomic mass is 10.1. The number of nitrogens with two attached hydrogens (primary N) is 1. The predicted molar refractivity (Wildman–Crippen MR) is 78.9 cm³/mol. The van der Waals surface area contributed by atoms with E-state index < -0.39 is 0 Å². The van der Waals surface area contributed by atoms with Gasteiger partial charge in [-0.05, 0) is 52.7 Å². The van der Waals surface area contributed by atoms with Gasteiger partial charge in [-0.3, -0.25) is 10.6 Å². The van der Waals surface area contributed by atoms with Crippen LogP contribution in [0.4, 0.5) is 11.5 Å². The number of hydrogen-bond acceptors (Lipinski definition) is 4. The Balaban J connectivity index is 2.28. The second kappa shape index (κ2) is 5.81. The van der Waals surface area contributed by atoms with E-state index in [1.807, 2.05) is 19.1 Å². The molecule has 4 N–H and O–H groups in total. The number of pyridine rings is 1. The van der Waals surface area contributed by atoms with Gasteiger partial charge in [0.1, 0.15) is 5.82 Å². The summed E-state index contributed by atoms with van der Waals surface area (Å²) in [5.74, 6) is 5.62. The molecule has 0 atom stereocenters. The van der Waals surface area contributed by atoms with Crippen LogP contribution in [0.2, 0.25) is 0 Å². The third-order valence-electron chi connectivity index (χ3n) is 2.57. The van der Waals surface area contributed by atoms with Crippen molar-refractivity contribution >= 4 is 33.3 Å². The zero-order valence-corrected chi connectivity index (χ0v) is 11.9. The smallest absolute Gasteiger partial charge is 0.258 e. The van der Waals surface area contributed by atoms with Crippen molar-refractivity contribution in [1.82, 2.24) is 4.98 Å². The summed E-state index contributed by atoms with van der Waals surface area (Å²) in [6, 6.07) is 8.96. The Kier molecular flexibility index (Phi) is 4.13. The lowest BCUT2D eigenvalue weighted by molar-refractivity contribution is 0.102. The molecule has 0 fully saturated rings. The fourth-order valence-corrected chi connectivity index (χ4v) is 1.98. The minimum atomic E-state index is -0.271. The van der Waals surface area contributed by atoms with Crippen LogP contribution in [0.25, 0.3) is 0 Å². The molecule has 0 saturated carbocycles. The van der Waals surface area contributed by atoms with Gasteiger partial charge < -0.3 is 10.7 Å². The van der Waals surface area contributed by atoms with Crippen molar-refractivity contribution in [2.24, 2.45) is 5.84 Å². The zero-order valence-electron chi connectivity index (χ0n) is 10.3. The summed E-state index contributed by atoms with van der Waals surface area (Å²) in [5.41, 5.74) is 4.58. The van der Waals surface area contributed by atoms with E-state index in [1.165, 1.54) is 0 Å². The molecule has 19 heavy (non-hydrogen) atoms. The summed E-state index contributed by atoms with van der Waals surface area (Å²) in [5, 5.41) is 2.73. The van der Waals surface area contributed by atoms with Gasteiger partial charge in [0.25, 0.3) is 5.91 Å². The van der Waals surface area contributed by atoms with Crippen molar-refractivity contribution in [3.05, 3.63) is 52.1 Å². The fraction of sp³-hybridized carbons (Fsp3) is 0.0769. The number of hydrogen-bond donors (Lipinski definition) is 3. The number of rotatable bonds is 3. The molecule has 0 radical (unpaired) electrons. The Morgan fingerprint density at radius 2 is 2.16 bits per heavy atom. The first-order chi connectivity index (χ1) is 9.11. The Morgan fingerprint density at radius 3 is 2.84 bits per heavy atom. The minimum absolute atomic E-state index is 0.271. The topological polar surface area (TPSA) is 80.0 Å². The summed E-state index contributed by atoms with van der Waals surface area (Å²) >= 11 is 3.33. The van der Waals surface area contributed by atoms with Crippen molar-refractivity contribution in [3.8, 4) is 0 Å². The minimum Gasteiger partial charge on any atom is -0.323 e. The van der Waals surface area contributed by atoms with Crippen molar-refractivity contribution in [1.29, 1.82) is 0 Å². The van der Waals surface area contributed by atoms with Crippen molar-refractivity contribution < 1.29 is 4.79 Å². The van der Waals surface area contributed by atoms with Gasteiger partial charge in [-0.1, -0.05) is 6.07 Å². The van der Waals surface area contributed by atoms with E-state index in [1.54, 1.807) is 24.4 Å². The summed E-state index contributed by atoms with van der Waals surface area (Å²) in [6.45, 7) is 1.93. The van der Waals surface area contributed by atoms with Crippen LogP contribution in [-0.2, 0) is 0 Å². The molecule has 6 heteroatoms. The number of amides is 1. The first-order valence-corrected chi connectivity index (χ1v) is 6.40. The number of nitrogen functional groups attached to an aromatic ring is 1. The van der Waals surface area contributed by atoms with E-state index in [-0.39, 0.29) is 5.91 Å². The molecule has 1 aromatic heterocycles. The van der Waals surface area contributed by atoms with E-state index in [4.69, 9.17) is 5.84 Å². The monoisotopic (exact) mass is 320 g/mol. The van der Waals surface area contributed by atoms with Gasteiger partial charge in [-0.25, -0.2) is 4.98 Å². The maximum Gasteiger partial charge on any atom is 0.258 e. The largest absolute Gasteiger partial charge is 0.323 e. The summed E-state index contributed by atoms with van der Waals surface area (Å²) in [4.78, 5) is 16.3. The second-order valence-corrected chi connectivity index (χ2v) is 4.84. The molecule has 0 bridgehead atoms. The van der Waals surface area contributed by atoms with Gasteiger partial charge in [0.2, 0.25) is 0 Å². The lowest BCUT2D eigenvalue weighted by Gasteiger charge is -2.10.